The van der Waals surface area contributed by atoms with E-state index in [1.165, 1.54) is 6.07 Å². The first-order chi connectivity index (χ1) is 13.9. The lowest BCUT2D eigenvalue weighted by Crippen LogP contribution is -2.49. The van der Waals surface area contributed by atoms with Crippen LogP contribution < -0.4 is 14.8 Å². The first-order valence-corrected chi connectivity index (χ1v) is 9.63. The summed E-state index contributed by atoms with van der Waals surface area (Å²) in [4.78, 5) is 4.28. The normalized spacial score (nSPS) is 16.7. The van der Waals surface area contributed by atoms with Gasteiger partial charge in [0.05, 0.1) is 5.56 Å². The van der Waals surface area contributed by atoms with E-state index < -0.39 is 11.7 Å². The van der Waals surface area contributed by atoms with Crippen LogP contribution in [0.15, 0.2) is 42.5 Å². The molecule has 1 saturated heterocycles. The predicted molar refractivity (Wildman–Crippen MR) is 107 cm³/mol. The molecular weight excluding hydrogens is 403 g/mol. The maximum Gasteiger partial charge on any atom is 0.416 e. The van der Waals surface area contributed by atoms with Crippen molar-refractivity contribution < 1.29 is 22.6 Å². The summed E-state index contributed by atoms with van der Waals surface area (Å²) < 4.78 is 49.3. The van der Waals surface area contributed by atoms with Crippen molar-refractivity contribution in [1.29, 1.82) is 0 Å². The van der Waals surface area contributed by atoms with Crippen LogP contribution in [0.25, 0.3) is 0 Å². The fraction of sp³-hybridized carbons (Fsp3) is 0.350. The van der Waals surface area contributed by atoms with Gasteiger partial charge in [0.1, 0.15) is 0 Å². The Labute approximate surface area is 172 Å². The summed E-state index contributed by atoms with van der Waals surface area (Å²) in [5.41, 5.74) is 0.791. The third kappa shape index (κ3) is 4.73. The van der Waals surface area contributed by atoms with Crippen molar-refractivity contribution in [1.82, 2.24) is 9.80 Å². The molecule has 0 amide bonds. The van der Waals surface area contributed by atoms with Gasteiger partial charge in [-0.05, 0) is 48.1 Å². The van der Waals surface area contributed by atoms with Crippen molar-refractivity contribution in [3.63, 3.8) is 0 Å². The summed E-state index contributed by atoms with van der Waals surface area (Å²) in [6.45, 7) is 4.06. The van der Waals surface area contributed by atoms with Gasteiger partial charge >= 0.3 is 6.18 Å². The molecule has 0 spiro atoms. The Bertz CT molecular complexity index is 899. The smallest absolute Gasteiger partial charge is 0.416 e. The molecule has 1 fully saturated rings. The molecule has 0 radical (unpaired) electrons. The second kappa shape index (κ2) is 8.08. The van der Waals surface area contributed by atoms with Crippen molar-refractivity contribution in [2.45, 2.75) is 12.7 Å². The predicted octanol–water partition coefficient (Wildman–Crippen LogP) is 3.95. The summed E-state index contributed by atoms with van der Waals surface area (Å²) in [5, 5.41) is 3.36. The molecule has 1 N–H and O–H groups in total. The van der Waals surface area contributed by atoms with Gasteiger partial charge < -0.3 is 19.7 Å². The number of hydrogen-bond donors (Lipinski definition) is 1. The molecule has 154 valence electrons. The number of thiocarbonyl (C=S) groups is 1. The van der Waals surface area contributed by atoms with Crippen LogP contribution in [0.3, 0.4) is 0 Å². The molecule has 2 aromatic rings. The number of hydrogen-bond acceptors (Lipinski definition) is 4. The second-order valence-electron chi connectivity index (χ2n) is 6.96. The van der Waals surface area contributed by atoms with Crippen molar-refractivity contribution in [3.05, 3.63) is 53.6 Å². The van der Waals surface area contributed by atoms with Crippen LogP contribution in [0.4, 0.5) is 18.9 Å². The molecule has 4 rings (SSSR count). The number of ether oxygens (including phenoxy) is 2. The monoisotopic (exact) mass is 423 g/mol. The van der Waals surface area contributed by atoms with Crippen molar-refractivity contribution in [2.75, 3.05) is 38.3 Å². The molecule has 0 aromatic heterocycles. The van der Waals surface area contributed by atoms with Gasteiger partial charge in [-0.25, -0.2) is 0 Å². The number of benzene rings is 2. The fourth-order valence-electron chi connectivity index (χ4n) is 3.38. The highest BCUT2D eigenvalue weighted by Gasteiger charge is 2.30. The van der Waals surface area contributed by atoms with Crippen LogP contribution in [0, 0.1) is 0 Å². The molecule has 0 atom stereocenters. The van der Waals surface area contributed by atoms with E-state index in [-0.39, 0.29) is 6.79 Å². The molecular formula is C20H20F3N3O2S. The lowest BCUT2D eigenvalue weighted by molar-refractivity contribution is -0.137. The van der Waals surface area contributed by atoms with Gasteiger partial charge in [-0.1, -0.05) is 12.1 Å². The Kier molecular flexibility index (Phi) is 5.51. The van der Waals surface area contributed by atoms with E-state index in [1.807, 2.05) is 23.1 Å². The van der Waals surface area contributed by atoms with Gasteiger partial charge in [0.2, 0.25) is 6.79 Å². The number of nitrogens with one attached hydrogen (secondary N) is 1. The van der Waals surface area contributed by atoms with Crippen LogP contribution in [0.1, 0.15) is 11.1 Å². The maximum absolute atomic E-state index is 12.9. The molecule has 0 bridgehead atoms. The largest absolute Gasteiger partial charge is 0.454 e. The molecule has 5 nitrogen and oxygen atoms in total. The highest BCUT2D eigenvalue weighted by atomic mass is 32.1. The Balaban J connectivity index is 1.30. The van der Waals surface area contributed by atoms with Gasteiger partial charge in [0.25, 0.3) is 0 Å². The lowest BCUT2D eigenvalue weighted by Gasteiger charge is -2.36. The van der Waals surface area contributed by atoms with Gasteiger partial charge in [-0.2, -0.15) is 13.2 Å². The van der Waals surface area contributed by atoms with E-state index in [0.29, 0.717) is 23.9 Å². The Hall–Kier alpha value is -2.52. The zero-order valence-corrected chi connectivity index (χ0v) is 16.4. The number of piperazine rings is 1. The Morgan fingerprint density at radius 3 is 2.52 bits per heavy atom. The van der Waals surface area contributed by atoms with Crippen LogP contribution in [-0.2, 0) is 12.7 Å². The minimum Gasteiger partial charge on any atom is -0.454 e. The molecule has 2 aromatic carbocycles. The highest BCUT2D eigenvalue weighted by molar-refractivity contribution is 7.80. The average molecular weight is 423 g/mol. The van der Waals surface area contributed by atoms with Gasteiger partial charge in [0, 0.05) is 38.4 Å². The average Bonchev–Trinajstić information content (AvgIpc) is 3.16. The van der Waals surface area contributed by atoms with E-state index in [0.717, 1.165) is 48.8 Å². The van der Waals surface area contributed by atoms with E-state index >= 15 is 0 Å². The molecule has 2 aliphatic heterocycles. The zero-order valence-electron chi connectivity index (χ0n) is 15.5. The number of nitrogens with zero attached hydrogens (tertiary/aromatic N) is 2. The summed E-state index contributed by atoms with van der Waals surface area (Å²) in [6.07, 6.45) is -4.38. The standard InChI is InChI=1S/C20H20F3N3O2S/c21-20(22,23)15-2-1-3-16(11-15)24-19(29)26-8-6-25(7-9-26)12-14-4-5-17-18(10-14)28-13-27-17/h1-5,10-11H,6-9,12-13H2,(H,24,29). The minimum absolute atomic E-state index is 0.258. The van der Waals surface area contributed by atoms with Crippen LogP contribution >= 0.6 is 12.2 Å². The van der Waals surface area contributed by atoms with Gasteiger partial charge in [-0.3, -0.25) is 4.90 Å². The molecule has 0 aliphatic carbocycles. The highest BCUT2D eigenvalue weighted by Crippen LogP contribution is 2.33. The minimum atomic E-state index is -4.38. The van der Waals surface area contributed by atoms with Gasteiger partial charge in [0.15, 0.2) is 16.6 Å². The van der Waals surface area contributed by atoms with Crippen LogP contribution in [-0.4, -0.2) is 47.9 Å². The number of rotatable bonds is 3. The summed E-state index contributed by atoms with van der Waals surface area (Å²) in [7, 11) is 0. The topological polar surface area (TPSA) is 37.0 Å². The Morgan fingerprint density at radius 2 is 1.76 bits per heavy atom. The SMILES string of the molecule is FC(F)(F)c1cccc(NC(=S)N2CCN(Cc3ccc4c(c3)OCO4)CC2)c1. The van der Waals surface area contributed by atoms with E-state index in [1.54, 1.807) is 6.07 Å². The van der Waals surface area contributed by atoms with Crippen LogP contribution in [0.2, 0.25) is 0 Å². The molecule has 29 heavy (non-hydrogen) atoms. The third-order valence-corrected chi connectivity index (χ3v) is 5.30. The molecule has 0 saturated carbocycles. The molecule has 9 heteroatoms. The fourth-order valence-corrected chi connectivity index (χ4v) is 3.68. The van der Waals surface area contributed by atoms with E-state index in [4.69, 9.17) is 21.7 Å². The van der Waals surface area contributed by atoms with Crippen LogP contribution in [0.5, 0.6) is 11.5 Å². The quantitative estimate of drug-likeness (QED) is 0.754. The summed E-state index contributed by atoms with van der Waals surface area (Å²) in [5.74, 6) is 1.54. The second-order valence-corrected chi connectivity index (χ2v) is 7.35. The molecule has 0 unspecified atom stereocenters. The number of anilines is 1. The number of alkyl halides is 3. The zero-order chi connectivity index (χ0) is 20.4. The Morgan fingerprint density at radius 1 is 1.00 bits per heavy atom. The van der Waals surface area contributed by atoms with E-state index in [9.17, 15) is 13.2 Å². The van der Waals surface area contributed by atoms with Crippen molar-refractivity contribution in [2.24, 2.45) is 0 Å². The molecule has 2 heterocycles. The maximum atomic E-state index is 12.9. The third-order valence-electron chi connectivity index (χ3n) is 4.94. The van der Waals surface area contributed by atoms with Crippen molar-refractivity contribution in [3.8, 4) is 11.5 Å². The van der Waals surface area contributed by atoms with E-state index in [2.05, 4.69) is 10.2 Å². The lowest BCUT2D eigenvalue weighted by atomic mass is 10.1. The first kappa shape index (κ1) is 19.8. The summed E-state index contributed by atoms with van der Waals surface area (Å²) in [6, 6.07) is 11.0. The van der Waals surface area contributed by atoms with Crippen molar-refractivity contribution >= 4 is 23.0 Å². The number of halogens is 3. The number of fused-ring (bicyclic) bond motifs is 1. The summed E-state index contributed by atoms with van der Waals surface area (Å²) >= 11 is 5.40. The van der Waals surface area contributed by atoms with Gasteiger partial charge in [-0.15, -0.1) is 0 Å². The molecule has 2 aliphatic rings. The first-order valence-electron chi connectivity index (χ1n) is 9.22.